The van der Waals surface area contributed by atoms with Crippen molar-refractivity contribution in [2.24, 2.45) is 0 Å². The van der Waals surface area contributed by atoms with E-state index in [0.29, 0.717) is 5.15 Å². The first-order valence-electron chi connectivity index (χ1n) is 3.57. The first-order chi connectivity index (χ1) is 5.68. The number of halogens is 1. The predicted molar refractivity (Wildman–Crippen MR) is 46.3 cm³/mol. The lowest BCUT2D eigenvalue weighted by atomic mass is 10.2. The predicted octanol–water partition coefficient (Wildman–Crippen LogP) is 2.49. The van der Waals surface area contributed by atoms with Crippen molar-refractivity contribution in [1.82, 2.24) is 10.1 Å². The van der Waals surface area contributed by atoms with E-state index in [1.165, 1.54) is 0 Å². The molecule has 3 nitrogen and oxygen atoms in total. The number of nitrogens with zero attached hydrogens (tertiary/aromatic N) is 2. The Hall–Kier alpha value is -1.09. The van der Waals surface area contributed by atoms with Crippen LogP contribution in [0.3, 0.4) is 0 Å². The van der Waals surface area contributed by atoms with Crippen LogP contribution in [0.4, 0.5) is 0 Å². The van der Waals surface area contributed by atoms with Crippen LogP contribution in [-0.4, -0.2) is 10.1 Å². The molecule has 0 aromatic carbocycles. The third-order valence-electron chi connectivity index (χ3n) is 1.74. The quantitative estimate of drug-likeness (QED) is 0.588. The molecule has 0 saturated carbocycles. The van der Waals surface area contributed by atoms with Crippen molar-refractivity contribution in [3.05, 3.63) is 22.5 Å². The van der Waals surface area contributed by atoms with Gasteiger partial charge in [0, 0.05) is 0 Å². The van der Waals surface area contributed by atoms with Crippen LogP contribution in [0.5, 0.6) is 0 Å². The topological polar surface area (TPSA) is 38.9 Å². The lowest BCUT2D eigenvalue weighted by Gasteiger charge is -1.93. The summed E-state index contributed by atoms with van der Waals surface area (Å²) in [6.45, 7) is 3.76. The maximum Gasteiger partial charge on any atom is 0.188 e. The molecule has 0 unspecified atom stereocenters. The monoisotopic (exact) mass is 182 g/mol. The lowest BCUT2D eigenvalue weighted by molar-refractivity contribution is 0.449. The van der Waals surface area contributed by atoms with Crippen molar-refractivity contribution in [3.63, 3.8) is 0 Å². The average molecular weight is 183 g/mol. The normalized spacial score (nSPS) is 10.9. The maximum absolute atomic E-state index is 5.77. The van der Waals surface area contributed by atoms with Crippen molar-refractivity contribution >= 4 is 22.7 Å². The second-order valence-corrected chi connectivity index (χ2v) is 3.09. The molecule has 0 amide bonds. The second-order valence-electron chi connectivity index (χ2n) is 2.71. The highest BCUT2D eigenvalue weighted by Gasteiger charge is 2.08. The zero-order valence-electron chi connectivity index (χ0n) is 6.76. The Kier molecular flexibility index (Phi) is 1.54. The Morgan fingerprint density at radius 1 is 1.42 bits per heavy atom. The molecular formula is C8H7ClN2O. The molecule has 2 aromatic rings. The smallest absolute Gasteiger partial charge is 0.188 e. The number of fused-ring (bicyclic) bond motifs is 1. The van der Waals surface area contributed by atoms with Crippen LogP contribution < -0.4 is 0 Å². The fourth-order valence-electron chi connectivity index (χ4n) is 1.14. The number of hydrogen-bond acceptors (Lipinski definition) is 3. The molecule has 62 valence electrons. The standard InChI is InChI=1S/C8H7ClN2O/c1-4-3-6(9)10-7-5(2)11-12-8(4)7/h3H,1-2H3. The summed E-state index contributed by atoms with van der Waals surface area (Å²) in [4.78, 5) is 4.11. The molecule has 0 aliphatic rings. The van der Waals surface area contributed by atoms with Gasteiger partial charge in [0.15, 0.2) is 5.58 Å². The summed E-state index contributed by atoms with van der Waals surface area (Å²) < 4.78 is 5.06. The fourth-order valence-corrected chi connectivity index (χ4v) is 1.39. The molecule has 0 atom stereocenters. The van der Waals surface area contributed by atoms with E-state index in [9.17, 15) is 0 Å². The molecule has 0 fully saturated rings. The van der Waals surface area contributed by atoms with Gasteiger partial charge in [-0.25, -0.2) is 4.98 Å². The van der Waals surface area contributed by atoms with Gasteiger partial charge in [0.25, 0.3) is 0 Å². The Bertz CT molecular complexity index is 436. The van der Waals surface area contributed by atoms with Crippen molar-refractivity contribution < 1.29 is 4.52 Å². The first-order valence-corrected chi connectivity index (χ1v) is 3.95. The summed E-state index contributed by atoms with van der Waals surface area (Å²) >= 11 is 5.77. The van der Waals surface area contributed by atoms with Crippen LogP contribution in [0.1, 0.15) is 11.3 Å². The minimum absolute atomic E-state index is 0.478. The number of aromatic nitrogens is 2. The summed E-state index contributed by atoms with van der Waals surface area (Å²) in [7, 11) is 0. The Labute approximate surface area is 74.3 Å². The highest BCUT2D eigenvalue weighted by molar-refractivity contribution is 6.29. The van der Waals surface area contributed by atoms with Gasteiger partial charge in [-0.3, -0.25) is 0 Å². The van der Waals surface area contributed by atoms with Crippen LogP contribution in [-0.2, 0) is 0 Å². The Morgan fingerprint density at radius 3 is 2.92 bits per heavy atom. The van der Waals surface area contributed by atoms with E-state index in [1.807, 2.05) is 13.8 Å². The molecular weight excluding hydrogens is 176 g/mol. The molecule has 2 rings (SSSR count). The molecule has 4 heteroatoms. The van der Waals surface area contributed by atoms with E-state index < -0.39 is 0 Å². The maximum atomic E-state index is 5.77. The minimum Gasteiger partial charge on any atom is -0.354 e. The van der Waals surface area contributed by atoms with Gasteiger partial charge in [0.2, 0.25) is 0 Å². The van der Waals surface area contributed by atoms with Gasteiger partial charge < -0.3 is 4.52 Å². The van der Waals surface area contributed by atoms with Gasteiger partial charge in [0.05, 0.1) is 0 Å². The van der Waals surface area contributed by atoms with E-state index in [0.717, 1.165) is 22.4 Å². The van der Waals surface area contributed by atoms with E-state index in [4.69, 9.17) is 16.1 Å². The first kappa shape index (κ1) is 7.55. The van der Waals surface area contributed by atoms with Crippen LogP contribution in [0.2, 0.25) is 5.15 Å². The van der Waals surface area contributed by atoms with Gasteiger partial charge in [-0.05, 0) is 25.5 Å². The van der Waals surface area contributed by atoms with Crippen molar-refractivity contribution in [3.8, 4) is 0 Å². The number of pyridine rings is 1. The molecule has 0 aliphatic carbocycles. The Morgan fingerprint density at radius 2 is 2.17 bits per heavy atom. The summed E-state index contributed by atoms with van der Waals surface area (Å²) in [5, 5.41) is 4.28. The van der Waals surface area contributed by atoms with Gasteiger partial charge in [-0.15, -0.1) is 0 Å². The Balaban J connectivity index is 2.92. The summed E-state index contributed by atoms with van der Waals surface area (Å²) in [5.74, 6) is 0. The summed E-state index contributed by atoms with van der Waals surface area (Å²) in [6.07, 6.45) is 0. The largest absolute Gasteiger partial charge is 0.354 e. The number of hydrogen-bond donors (Lipinski definition) is 0. The SMILES string of the molecule is Cc1noc2c(C)cc(Cl)nc12. The van der Waals surface area contributed by atoms with Crippen LogP contribution in [0, 0.1) is 13.8 Å². The molecule has 0 N–H and O–H groups in total. The third kappa shape index (κ3) is 0.975. The highest BCUT2D eigenvalue weighted by Crippen LogP contribution is 2.21. The van der Waals surface area contributed by atoms with E-state index in [2.05, 4.69) is 10.1 Å². The van der Waals surface area contributed by atoms with E-state index >= 15 is 0 Å². The van der Waals surface area contributed by atoms with Crippen LogP contribution in [0.25, 0.3) is 11.1 Å². The van der Waals surface area contributed by atoms with Gasteiger partial charge >= 0.3 is 0 Å². The zero-order chi connectivity index (χ0) is 8.72. The van der Waals surface area contributed by atoms with Crippen LogP contribution >= 0.6 is 11.6 Å². The van der Waals surface area contributed by atoms with Crippen molar-refractivity contribution in [2.75, 3.05) is 0 Å². The van der Waals surface area contributed by atoms with Gasteiger partial charge in [-0.2, -0.15) is 0 Å². The molecule has 0 saturated heterocycles. The van der Waals surface area contributed by atoms with Crippen molar-refractivity contribution in [1.29, 1.82) is 0 Å². The molecule has 12 heavy (non-hydrogen) atoms. The summed E-state index contributed by atoms with van der Waals surface area (Å²) in [6, 6.07) is 1.76. The fraction of sp³-hybridized carbons (Fsp3) is 0.250. The molecule has 0 spiro atoms. The minimum atomic E-state index is 0.478. The van der Waals surface area contributed by atoms with Gasteiger partial charge in [0.1, 0.15) is 16.4 Å². The molecule has 0 aliphatic heterocycles. The molecule has 2 heterocycles. The zero-order valence-corrected chi connectivity index (χ0v) is 7.51. The van der Waals surface area contributed by atoms with Gasteiger partial charge in [-0.1, -0.05) is 16.8 Å². The van der Waals surface area contributed by atoms with E-state index in [-0.39, 0.29) is 0 Å². The molecule has 0 bridgehead atoms. The highest BCUT2D eigenvalue weighted by atomic mass is 35.5. The third-order valence-corrected chi connectivity index (χ3v) is 1.94. The molecule has 2 aromatic heterocycles. The second kappa shape index (κ2) is 2.45. The van der Waals surface area contributed by atoms with Crippen molar-refractivity contribution in [2.45, 2.75) is 13.8 Å². The lowest BCUT2D eigenvalue weighted by Crippen LogP contribution is -1.81. The number of rotatable bonds is 0. The van der Waals surface area contributed by atoms with Crippen LogP contribution in [0.15, 0.2) is 10.6 Å². The summed E-state index contributed by atoms with van der Waals surface area (Å²) in [5.41, 5.74) is 3.21. The van der Waals surface area contributed by atoms with E-state index in [1.54, 1.807) is 6.07 Å². The average Bonchev–Trinajstić information content (AvgIpc) is 2.33. The number of aryl methyl sites for hydroxylation is 2. The molecule has 0 radical (unpaired) electrons.